The van der Waals surface area contributed by atoms with Gasteiger partial charge >= 0.3 is 0 Å². The Labute approximate surface area is 192 Å². The molecule has 0 radical (unpaired) electrons. The van der Waals surface area contributed by atoms with E-state index in [2.05, 4.69) is 56.5 Å². The Kier molecular flexibility index (Phi) is 8.38. The molecule has 0 aliphatic carbocycles. The van der Waals surface area contributed by atoms with Gasteiger partial charge in [0.2, 0.25) is 0 Å². The molecule has 0 fully saturated rings. The van der Waals surface area contributed by atoms with Gasteiger partial charge in [-0.05, 0) is 59.8 Å². The van der Waals surface area contributed by atoms with Crippen LogP contribution in [-0.2, 0) is 4.52 Å². The first kappa shape index (κ1) is 23.6. The van der Waals surface area contributed by atoms with Gasteiger partial charge in [-0.15, -0.1) is 0 Å². The van der Waals surface area contributed by atoms with Crippen LogP contribution in [0.15, 0.2) is 108 Å². The molecule has 2 heterocycles. The van der Waals surface area contributed by atoms with E-state index >= 15 is 0 Å². The molecule has 2 aromatic rings. The van der Waals surface area contributed by atoms with Gasteiger partial charge in [0.05, 0.1) is 0 Å². The zero-order valence-corrected chi connectivity index (χ0v) is 21.1. The van der Waals surface area contributed by atoms with Crippen LogP contribution >= 0.6 is 25.7 Å². The van der Waals surface area contributed by atoms with Crippen LogP contribution in [0, 0.1) is 0 Å². The fraction of sp³-hybridized carbons (Fsp3) is 0.154. The molecule has 5 heteroatoms. The van der Waals surface area contributed by atoms with Gasteiger partial charge in [0.1, 0.15) is 11.5 Å². The number of rotatable bonds is 4. The van der Waals surface area contributed by atoms with Crippen LogP contribution in [0.1, 0.15) is 27.7 Å². The lowest BCUT2D eigenvalue weighted by Gasteiger charge is -2.33. The highest BCUT2D eigenvalue weighted by Gasteiger charge is 2.35. The van der Waals surface area contributed by atoms with Crippen molar-refractivity contribution in [3.05, 3.63) is 108 Å². The van der Waals surface area contributed by atoms with Crippen molar-refractivity contribution in [2.24, 2.45) is 0 Å². The van der Waals surface area contributed by atoms with E-state index in [1.165, 1.54) is 10.9 Å². The van der Waals surface area contributed by atoms with Crippen LogP contribution in [0.3, 0.4) is 0 Å². The van der Waals surface area contributed by atoms with E-state index in [-0.39, 0.29) is 0 Å². The van der Waals surface area contributed by atoms with Crippen LogP contribution in [0.4, 0.5) is 0 Å². The summed E-state index contributed by atoms with van der Waals surface area (Å²) >= 11 is 1.77. The Hall–Kier alpha value is -2.05. The molecule has 0 amide bonds. The summed E-state index contributed by atoms with van der Waals surface area (Å²) in [5.41, 5.74) is 4.48. The van der Waals surface area contributed by atoms with Gasteiger partial charge in [-0.25, -0.2) is 0 Å². The molecule has 31 heavy (non-hydrogen) atoms. The zero-order valence-electron chi connectivity index (χ0n) is 18.5. The maximum atomic E-state index is 6.49. The number of hydrogen-bond acceptors (Lipinski definition) is 3. The van der Waals surface area contributed by atoms with E-state index in [0.29, 0.717) is 0 Å². The van der Waals surface area contributed by atoms with Gasteiger partial charge in [-0.1, -0.05) is 81.6 Å². The molecule has 2 aliphatic heterocycles. The molecular weight excluding hydrogens is 438 g/mol. The maximum absolute atomic E-state index is 6.49. The molecule has 0 saturated carbocycles. The van der Waals surface area contributed by atoms with Gasteiger partial charge in [0.25, 0.3) is 0 Å². The van der Waals surface area contributed by atoms with Gasteiger partial charge in [0, 0.05) is 16.2 Å². The molecule has 2 aliphatic rings. The first-order valence-corrected chi connectivity index (χ1v) is 14.9. The van der Waals surface area contributed by atoms with Crippen LogP contribution in [-0.4, -0.2) is 0 Å². The Balaban J connectivity index is 0.00000132. The Morgan fingerprint density at radius 2 is 1.61 bits per heavy atom. The number of allylic oxidation sites excluding steroid dienone is 7. The van der Waals surface area contributed by atoms with E-state index in [9.17, 15) is 0 Å². The number of benzene rings is 2. The number of fused-ring (bicyclic) bond motifs is 3. The summed E-state index contributed by atoms with van der Waals surface area (Å²) in [6.45, 7) is 16.3. The molecule has 0 spiro atoms. The summed E-state index contributed by atoms with van der Waals surface area (Å²) in [4.78, 5) is 0. The van der Waals surface area contributed by atoms with E-state index in [1.807, 2.05) is 57.2 Å². The van der Waals surface area contributed by atoms with Crippen molar-refractivity contribution in [3.63, 3.8) is 0 Å². The average molecular weight is 467 g/mol. The minimum atomic E-state index is -0.993. The molecule has 0 N–H and O–H groups in total. The molecule has 4 rings (SSSR count). The Morgan fingerprint density at radius 3 is 2.32 bits per heavy atom. The third-order valence-electron chi connectivity index (χ3n) is 4.71. The predicted molar refractivity (Wildman–Crippen MR) is 141 cm³/mol. The van der Waals surface area contributed by atoms with Crippen LogP contribution in [0.25, 0.3) is 11.1 Å². The molecular formula is C26H28O2P2S. The van der Waals surface area contributed by atoms with E-state index < -0.39 is 14.7 Å². The second kappa shape index (κ2) is 11.0. The highest BCUT2D eigenvalue weighted by Crippen LogP contribution is 2.76. The Bertz CT molecular complexity index is 1070. The number of para-hydroxylation sites is 1. The molecule has 160 valence electrons. The van der Waals surface area contributed by atoms with Crippen molar-refractivity contribution in [2.75, 3.05) is 0 Å². The lowest BCUT2D eigenvalue weighted by Crippen LogP contribution is -2.12. The van der Waals surface area contributed by atoms with E-state index in [4.69, 9.17) is 9.05 Å². The smallest absolute Gasteiger partial charge is 0.188 e. The molecule has 0 aromatic heterocycles. The van der Waals surface area contributed by atoms with Crippen molar-refractivity contribution in [2.45, 2.75) is 27.7 Å². The molecule has 2 nitrogen and oxygen atoms in total. The van der Waals surface area contributed by atoms with Gasteiger partial charge in [0.15, 0.2) is 14.7 Å². The topological polar surface area (TPSA) is 18.5 Å². The summed E-state index contributed by atoms with van der Waals surface area (Å²) in [7, 11) is -1.93. The summed E-state index contributed by atoms with van der Waals surface area (Å²) in [5.74, 6) is 1.82. The lowest BCUT2D eigenvalue weighted by molar-refractivity contribution is 0.496. The standard InChI is InChI=1S/C24H22O2P2S.C2H6/c1-5-11-21-17(3)18(4)23(12-6-2)27(25-21)29-28-24-16-10-8-14-20(24)19-13-7-9-15-22(19)26-28;1-2/h5-16H,2,4H2,1,3H3;1-2H3/b11-5-,23-12+;. The first-order valence-electron chi connectivity index (χ1n) is 10.3. The zero-order chi connectivity index (χ0) is 22.4. The largest absolute Gasteiger partial charge is 0.457 e. The fourth-order valence-corrected chi connectivity index (χ4v) is 11.7. The maximum Gasteiger partial charge on any atom is 0.188 e. The molecule has 2 aromatic carbocycles. The third-order valence-corrected chi connectivity index (χ3v) is 12.5. The van der Waals surface area contributed by atoms with Gasteiger partial charge < -0.3 is 9.05 Å². The highest BCUT2D eigenvalue weighted by molar-refractivity contribution is 8.85. The van der Waals surface area contributed by atoms with E-state index in [0.717, 1.165) is 33.5 Å². The predicted octanol–water partition coefficient (Wildman–Crippen LogP) is 9.26. The summed E-state index contributed by atoms with van der Waals surface area (Å²) in [6.07, 6.45) is 7.85. The minimum Gasteiger partial charge on any atom is -0.457 e. The first-order chi connectivity index (χ1) is 15.1. The SMILES string of the molecule is C=C/C=C1\C(=C)C(C)=C(/C=C\C)OP1SP1Oc2ccccc2-c2ccccc21.CC. The molecule has 0 bridgehead atoms. The van der Waals surface area contributed by atoms with Gasteiger partial charge in [-0.3, -0.25) is 0 Å². The molecule has 2 atom stereocenters. The van der Waals surface area contributed by atoms with Crippen LogP contribution in [0.2, 0.25) is 0 Å². The normalized spacial score (nSPS) is 20.9. The summed E-state index contributed by atoms with van der Waals surface area (Å²) < 4.78 is 13.0. The van der Waals surface area contributed by atoms with Crippen molar-refractivity contribution in [3.8, 4) is 16.9 Å². The highest BCUT2D eigenvalue weighted by atomic mass is 33.1. The van der Waals surface area contributed by atoms with Crippen molar-refractivity contribution >= 4 is 31.0 Å². The van der Waals surface area contributed by atoms with E-state index in [1.54, 1.807) is 11.0 Å². The van der Waals surface area contributed by atoms with Crippen LogP contribution in [0.5, 0.6) is 5.75 Å². The Morgan fingerprint density at radius 1 is 0.935 bits per heavy atom. The summed E-state index contributed by atoms with van der Waals surface area (Å²) in [5, 5.41) is 2.34. The molecule has 0 saturated heterocycles. The second-order valence-electron chi connectivity index (χ2n) is 6.55. The quantitative estimate of drug-likeness (QED) is 0.418. The van der Waals surface area contributed by atoms with Crippen molar-refractivity contribution < 1.29 is 9.05 Å². The fourth-order valence-electron chi connectivity index (χ4n) is 3.19. The minimum absolute atomic E-state index is 0.887. The summed E-state index contributed by atoms with van der Waals surface area (Å²) in [6, 6.07) is 16.8. The lowest BCUT2D eigenvalue weighted by atomic mass is 10.0. The number of hydrogen-bond donors (Lipinski definition) is 0. The van der Waals surface area contributed by atoms with Crippen molar-refractivity contribution in [1.82, 2.24) is 0 Å². The molecule has 2 unspecified atom stereocenters. The van der Waals surface area contributed by atoms with Crippen LogP contribution < -0.4 is 9.83 Å². The monoisotopic (exact) mass is 466 g/mol. The van der Waals surface area contributed by atoms with Gasteiger partial charge in [-0.2, -0.15) is 0 Å². The van der Waals surface area contributed by atoms with Crippen molar-refractivity contribution in [1.29, 1.82) is 0 Å². The second-order valence-corrected chi connectivity index (χ2v) is 13.0. The third kappa shape index (κ3) is 4.90. The average Bonchev–Trinajstić information content (AvgIpc) is 2.81.